The first-order chi connectivity index (χ1) is 14.0. The highest BCUT2D eigenvalue weighted by molar-refractivity contribution is 7.89. The second kappa shape index (κ2) is 9.40. The van der Waals surface area contributed by atoms with Gasteiger partial charge >= 0.3 is 0 Å². The van der Waals surface area contributed by atoms with E-state index in [-0.39, 0.29) is 41.7 Å². The summed E-state index contributed by atoms with van der Waals surface area (Å²) >= 11 is 0. The molecule has 2 rings (SSSR count). The van der Waals surface area contributed by atoms with Gasteiger partial charge in [-0.25, -0.2) is 0 Å². The van der Waals surface area contributed by atoms with Crippen molar-refractivity contribution in [1.82, 2.24) is 4.90 Å². The van der Waals surface area contributed by atoms with E-state index in [0.717, 1.165) is 11.3 Å². The van der Waals surface area contributed by atoms with E-state index < -0.39 is 35.8 Å². The van der Waals surface area contributed by atoms with Crippen LogP contribution in [0.1, 0.15) is 52.4 Å². The lowest BCUT2D eigenvalue weighted by Gasteiger charge is -2.32. The highest BCUT2D eigenvalue weighted by Gasteiger charge is 2.53. The Morgan fingerprint density at radius 1 is 1.00 bits per heavy atom. The van der Waals surface area contributed by atoms with E-state index in [1.165, 1.54) is 6.08 Å². The molecule has 2 unspecified atom stereocenters. The molecule has 2 atom stereocenters. The molecule has 3 N–H and O–H groups in total. The van der Waals surface area contributed by atoms with Crippen molar-refractivity contribution in [2.45, 2.75) is 58.4 Å². The molecule has 1 aliphatic heterocycles. The monoisotopic (exact) mass is 500 g/mol. The smallest absolute Gasteiger partial charge is 0.294 e. The van der Waals surface area contributed by atoms with Gasteiger partial charge in [0.15, 0.2) is 0 Å². The Morgan fingerprint density at radius 2 is 1.55 bits per heavy atom. The third kappa shape index (κ3) is 6.93. The molecule has 1 aliphatic carbocycles. The first-order valence-electron chi connectivity index (χ1n) is 9.97. The van der Waals surface area contributed by atoms with Crippen LogP contribution in [0, 0.1) is 11.8 Å². The molecule has 13 heteroatoms. The van der Waals surface area contributed by atoms with Crippen LogP contribution in [0.3, 0.4) is 0 Å². The number of hydrogen-bond donors (Lipinski definition) is 3. The van der Waals surface area contributed by atoms with Crippen LogP contribution in [0.15, 0.2) is 22.3 Å². The second-order valence-corrected chi connectivity index (χ2v) is 12.9. The number of nitrogens with zero attached hydrogens (tertiary/aromatic N) is 1. The van der Waals surface area contributed by atoms with Gasteiger partial charge < -0.3 is 4.90 Å². The Hall–Kier alpha value is -1.12. The molecule has 2 aliphatic rings. The van der Waals surface area contributed by atoms with Gasteiger partial charge in [-0.05, 0) is 46.0 Å². The molecule has 10 nitrogen and oxygen atoms in total. The minimum atomic E-state index is -4.36. The molecular weight excluding hydrogens is 470 g/mol. The summed E-state index contributed by atoms with van der Waals surface area (Å²) in [6.45, 7) is 4.39. The normalized spacial score (nSPS) is 24.7. The summed E-state index contributed by atoms with van der Waals surface area (Å²) in [7, 11) is -12.5. The molecule has 31 heavy (non-hydrogen) atoms. The number of allylic oxidation sites excluding steroid dienone is 3. The maximum atomic E-state index is 11.7. The lowest BCUT2D eigenvalue weighted by molar-refractivity contribution is 0.178. The fraction of sp³-hybridized carbons (Fsp3) is 0.722. The van der Waals surface area contributed by atoms with E-state index in [0.29, 0.717) is 25.8 Å². The summed E-state index contributed by atoms with van der Waals surface area (Å²) in [5, 5.41) is 0. The van der Waals surface area contributed by atoms with E-state index in [4.69, 9.17) is 9.11 Å². The van der Waals surface area contributed by atoms with Crippen molar-refractivity contribution in [2.24, 2.45) is 5.41 Å². The standard InChI is InChI=1S/C18H29NO9S3/c1-14-18(2,9-3-5-11-29(20,21)22)16-13-15(31(26,27)28)7-8-17(16)19(14)10-4-6-12-30(23,24)25/h8,13-14H,3-7,9-12H2,1-2H3,(H2-,20,21,22,23,24,25,26,27,28)/p+1. The van der Waals surface area contributed by atoms with Crippen LogP contribution in [0.4, 0.5) is 0 Å². The van der Waals surface area contributed by atoms with Crippen LogP contribution in [-0.2, 0) is 30.4 Å². The molecule has 0 saturated heterocycles. The van der Waals surface area contributed by atoms with Gasteiger partial charge in [-0.3, -0.25) is 13.7 Å². The van der Waals surface area contributed by atoms with Gasteiger partial charge in [-0.1, -0.05) is 0 Å². The first kappa shape index (κ1) is 26.1. The van der Waals surface area contributed by atoms with Crippen molar-refractivity contribution in [3.05, 3.63) is 28.7 Å². The van der Waals surface area contributed by atoms with E-state index >= 15 is 0 Å². The number of unbranched alkanes of at least 4 members (excludes halogenated alkanes) is 2. The maximum absolute atomic E-state index is 11.7. The average molecular weight is 501 g/mol. The fourth-order valence-electron chi connectivity index (χ4n) is 4.29. The zero-order valence-electron chi connectivity index (χ0n) is 17.6. The summed E-state index contributed by atoms with van der Waals surface area (Å²) in [4.78, 5) is 1.94. The largest absolute Gasteiger partial charge is 0.333 e. The van der Waals surface area contributed by atoms with E-state index in [9.17, 15) is 29.8 Å². The van der Waals surface area contributed by atoms with Gasteiger partial charge in [0.1, 0.15) is 10.5 Å². The van der Waals surface area contributed by atoms with Crippen LogP contribution in [0.25, 0.3) is 0 Å². The quantitative estimate of drug-likeness (QED) is 0.217. The third-order valence-corrected chi connectivity index (χ3v) is 8.68. The zero-order valence-corrected chi connectivity index (χ0v) is 20.0. The molecule has 0 aromatic rings. The lowest BCUT2D eigenvalue weighted by atomic mass is 9.73. The maximum Gasteiger partial charge on any atom is 0.294 e. The summed E-state index contributed by atoms with van der Waals surface area (Å²) in [5.41, 5.74) is 0.981. The van der Waals surface area contributed by atoms with Crippen LogP contribution in [-0.4, -0.2) is 67.9 Å². The van der Waals surface area contributed by atoms with Crippen LogP contribution < -0.4 is 0 Å². The molecule has 0 radical (unpaired) electrons. The highest BCUT2D eigenvalue weighted by Crippen LogP contribution is 2.51. The Balaban J connectivity index is 2.25. The van der Waals surface area contributed by atoms with Gasteiger partial charge in [0, 0.05) is 12.6 Å². The van der Waals surface area contributed by atoms with Gasteiger partial charge in [0.2, 0.25) is 5.70 Å². The second-order valence-electron chi connectivity index (χ2n) is 8.32. The predicted octanol–water partition coefficient (Wildman–Crippen LogP) is 2.06. The van der Waals surface area contributed by atoms with Crippen molar-refractivity contribution in [3.63, 3.8) is 0 Å². The predicted molar refractivity (Wildman–Crippen MR) is 116 cm³/mol. The Kier molecular flexibility index (Phi) is 7.92. The van der Waals surface area contributed by atoms with Gasteiger partial charge in [0.25, 0.3) is 30.4 Å². The average Bonchev–Trinajstić information content (AvgIpc) is 2.81. The Morgan fingerprint density at radius 3 is 2.06 bits per heavy atom. The fourth-order valence-corrected chi connectivity index (χ4v) is 5.99. The van der Waals surface area contributed by atoms with Crippen molar-refractivity contribution < 1.29 is 38.9 Å². The number of rotatable bonds is 11. The highest BCUT2D eigenvalue weighted by atomic mass is 32.2. The minimum absolute atomic E-state index is 0.0325. The summed E-state index contributed by atoms with van der Waals surface area (Å²) < 4.78 is 94.6. The molecule has 0 bridgehead atoms. The third-order valence-electron chi connectivity index (χ3n) is 6.12. The molecule has 0 amide bonds. The minimum Gasteiger partial charge on any atom is -0.333 e. The van der Waals surface area contributed by atoms with E-state index in [1.807, 2.05) is 13.8 Å². The van der Waals surface area contributed by atoms with Crippen LogP contribution in [0.5, 0.6) is 0 Å². The Labute approximate surface area is 184 Å². The van der Waals surface area contributed by atoms with Crippen molar-refractivity contribution in [1.29, 1.82) is 0 Å². The van der Waals surface area contributed by atoms with Gasteiger partial charge in [0.05, 0.1) is 35.8 Å². The van der Waals surface area contributed by atoms with Gasteiger partial charge in [-0.2, -0.15) is 25.3 Å². The summed E-state index contributed by atoms with van der Waals surface area (Å²) in [6.07, 6.45) is 5.23. The molecule has 0 aromatic carbocycles. The summed E-state index contributed by atoms with van der Waals surface area (Å²) in [6, 6.07) is -0.109. The molecular formula is C18H30NO9S3+. The Bertz CT molecular complexity index is 1060. The van der Waals surface area contributed by atoms with E-state index in [2.05, 4.69) is 4.90 Å². The molecule has 178 valence electrons. The van der Waals surface area contributed by atoms with E-state index in [1.54, 1.807) is 6.42 Å². The first-order valence-corrected chi connectivity index (χ1v) is 14.6. The SMILES string of the molecule is CC1N(CCCCS(=O)(=O)O)C2=C(C=C(S(=O)(=O)O)C[CH+]2)C1(C)CCCCS(=O)(=O)O. The van der Waals surface area contributed by atoms with Crippen LogP contribution in [0.2, 0.25) is 0 Å². The number of hydrogen-bond acceptors (Lipinski definition) is 7. The molecule has 0 fully saturated rings. The summed E-state index contributed by atoms with van der Waals surface area (Å²) in [5.74, 6) is -0.703. The molecule has 0 aromatic heterocycles. The topological polar surface area (TPSA) is 166 Å². The van der Waals surface area contributed by atoms with Gasteiger partial charge in [-0.15, -0.1) is 0 Å². The van der Waals surface area contributed by atoms with Crippen molar-refractivity contribution in [2.75, 3.05) is 18.1 Å². The van der Waals surface area contributed by atoms with Crippen molar-refractivity contribution in [3.8, 4) is 0 Å². The molecule has 0 saturated carbocycles. The van der Waals surface area contributed by atoms with Crippen molar-refractivity contribution >= 4 is 30.4 Å². The zero-order chi connectivity index (χ0) is 23.7. The molecule has 1 heterocycles. The molecule has 0 spiro atoms. The van der Waals surface area contributed by atoms with Crippen LogP contribution >= 0.6 is 0 Å². The lowest BCUT2D eigenvalue weighted by Crippen LogP contribution is -2.38.